The summed E-state index contributed by atoms with van der Waals surface area (Å²) in [5.74, 6) is 0. The molecule has 0 saturated heterocycles. The largest absolute Gasteiger partial charge is 0.385 e. The monoisotopic (exact) mass is 275 g/mol. The molecule has 98 valence electrons. The van der Waals surface area contributed by atoms with Gasteiger partial charge in [0.25, 0.3) is 0 Å². The summed E-state index contributed by atoms with van der Waals surface area (Å²) in [6, 6.07) is 7.33. The second kappa shape index (κ2) is 6.37. The van der Waals surface area contributed by atoms with E-state index in [9.17, 15) is 0 Å². The maximum atomic E-state index is 8.81. The van der Waals surface area contributed by atoms with Crippen molar-refractivity contribution >= 4 is 11.6 Å². The minimum absolute atomic E-state index is 0.557. The van der Waals surface area contributed by atoms with E-state index in [1.807, 2.05) is 16.9 Å². The van der Waals surface area contributed by atoms with Crippen LogP contribution in [0.3, 0.4) is 0 Å². The van der Waals surface area contributed by atoms with Crippen LogP contribution < -0.4 is 0 Å². The van der Waals surface area contributed by atoms with Crippen molar-refractivity contribution in [2.24, 2.45) is 0 Å². The lowest BCUT2D eigenvalue weighted by molar-refractivity contribution is 0.189. The quantitative estimate of drug-likeness (QED) is 0.788. The molecule has 2 aromatic rings. The van der Waals surface area contributed by atoms with Crippen LogP contribution in [0.1, 0.15) is 12.0 Å². The van der Waals surface area contributed by atoms with Crippen molar-refractivity contribution in [1.82, 2.24) is 9.78 Å². The molecule has 0 aliphatic heterocycles. The fraction of sp³-hybridized carbons (Fsp3) is 0.286. The number of halogens is 1. The highest BCUT2D eigenvalue weighted by Crippen LogP contribution is 2.28. The van der Waals surface area contributed by atoms with Gasteiger partial charge in [0, 0.05) is 42.6 Å². The second-order valence-corrected chi connectivity index (χ2v) is 4.55. The number of hydrogen-bond acceptors (Lipinski definition) is 3. The molecule has 0 radical (unpaired) electrons. The second-order valence-electron chi connectivity index (χ2n) is 4.14. The molecule has 1 aromatic carbocycles. The average molecular weight is 276 g/mol. The first-order valence-electron chi connectivity index (χ1n) is 5.96. The van der Waals surface area contributed by atoms with Crippen molar-refractivity contribution in [3.63, 3.8) is 0 Å². The van der Waals surface area contributed by atoms with Gasteiger partial charge < -0.3 is 4.74 Å². The highest BCUT2D eigenvalue weighted by Gasteiger charge is 2.07. The molecule has 0 aliphatic carbocycles. The Kier molecular flexibility index (Phi) is 4.56. The van der Waals surface area contributed by atoms with Crippen LogP contribution in [0.25, 0.3) is 11.1 Å². The molecule has 0 bridgehead atoms. The summed E-state index contributed by atoms with van der Waals surface area (Å²) in [5, 5.41) is 13.7. The van der Waals surface area contributed by atoms with E-state index in [0.29, 0.717) is 17.2 Å². The molecule has 4 nitrogen and oxygen atoms in total. The predicted molar refractivity (Wildman–Crippen MR) is 73.9 cm³/mol. The molecular formula is C14H14ClN3O. The number of rotatable bonds is 5. The molecule has 0 saturated carbocycles. The van der Waals surface area contributed by atoms with Crippen LogP contribution in [0.15, 0.2) is 30.6 Å². The van der Waals surface area contributed by atoms with Crippen molar-refractivity contribution < 1.29 is 4.74 Å². The molecule has 0 spiro atoms. The van der Waals surface area contributed by atoms with Crippen LogP contribution in [0.4, 0.5) is 0 Å². The lowest BCUT2D eigenvalue weighted by atomic mass is 10.1. The fourth-order valence-corrected chi connectivity index (χ4v) is 2.10. The molecule has 19 heavy (non-hydrogen) atoms. The van der Waals surface area contributed by atoms with E-state index < -0.39 is 0 Å². The third-order valence-electron chi connectivity index (χ3n) is 2.78. The third-order valence-corrected chi connectivity index (χ3v) is 3.09. The summed E-state index contributed by atoms with van der Waals surface area (Å²) < 4.78 is 6.87. The van der Waals surface area contributed by atoms with Crippen LogP contribution >= 0.6 is 11.6 Å². The zero-order valence-corrected chi connectivity index (χ0v) is 11.4. The molecule has 5 heteroatoms. The molecule has 0 unspecified atom stereocenters. The maximum Gasteiger partial charge on any atom is 0.0992 e. The Hall–Kier alpha value is -1.83. The molecule has 2 rings (SSSR count). The number of methoxy groups -OCH3 is 1. The van der Waals surface area contributed by atoms with Crippen LogP contribution in [-0.4, -0.2) is 23.5 Å². The Bertz CT molecular complexity index is 601. The number of nitriles is 1. The van der Waals surface area contributed by atoms with E-state index in [2.05, 4.69) is 11.2 Å². The van der Waals surface area contributed by atoms with Gasteiger partial charge in [-0.3, -0.25) is 4.68 Å². The molecule has 0 amide bonds. The van der Waals surface area contributed by atoms with E-state index in [0.717, 1.165) is 24.1 Å². The summed E-state index contributed by atoms with van der Waals surface area (Å²) in [4.78, 5) is 0. The van der Waals surface area contributed by atoms with Gasteiger partial charge in [-0.05, 0) is 18.6 Å². The van der Waals surface area contributed by atoms with Crippen LogP contribution in [0.2, 0.25) is 5.02 Å². The average Bonchev–Trinajstić information content (AvgIpc) is 2.87. The maximum absolute atomic E-state index is 8.81. The van der Waals surface area contributed by atoms with Crippen LogP contribution in [0, 0.1) is 11.3 Å². The van der Waals surface area contributed by atoms with Crippen molar-refractivity contribution in [3.05, 3.63) is 41.2 Å². The van der Waals surface area contributed by atoms with Gasteiger partial charge in [0.1, 0.15) is 0 Å². The minimum Gasteiger partial charge on any atom is -0.385 e. The Morgan fingerprint density at radius 2 is 2.32 bits per heavy atom. The van der Waals surface area contributed by atoms with E-state index in [4.69, 9.17) is 21.6 Å². The summed E-state index contributed by atoms with van der Waals surface area (Å²) in [6.07, 6.45) is 4.64. The Morgan fingerprint density at radius 1 is 1.47 bits per heavy atom. The number of aromatic nitrogens is 2. The number of hydrogen-bond donors (Lipinski definition) is 0. The van der Waals surface area contributed by atoms with Crippen molar-refractivity contribution in [3.8, 4) is 17.2 Å². The number of nitrogens with zero attached hydrogens (tertiary/aromatic N) is 3. The summed E-state index contributed by atoms with van der Waals surface area (Å²) in [7, 11) is 1.69. The van der Waals surface area contributed by atoms with E-state index in [1.54, 1.807) is 25.4 Å². The number of benzene rings is 1. The molecule has 1 heterocycles. The summed E-state index contributed by atoms with van der Waals surface area (Å²) in [5.41, 5.74) is 2.40. The summed E-state index contributed by atoms with van der Waals surface area (Å²) >= 11 is 6.17. The van der Waals surface area contributed by atoms with Gasteiger partial charge in [-0.2, -0.15) is 10.4 Å². The normalized spacial score (nSPS) is 10.4. The highest BCUT2D eigenvalue weighted by molar-refractivity contribution is 6.33. The summed E-state index contributed by atoms with van der Waals surface area (Å²) in [6.45, 7) is 1.52. The first-order valence-corrected chi connectivity index (χ1v) is 6.34. The number of ether oxygens (including phenoxy) is 1. The molecule has 0 aliphatic rings. The third kappa shape index (κ3) is 3.34. The zero-order valence-electron chi connectivity index (χ0n) is 10.6. The van der Waals surface area contributed by atoms with Crippen molar-refractivity contribution in [1.29, 1.82) is 5.26 Å². The molecule has 0 fully saturated rings. The predicted octanol–water partition coefficient (Wildman–Crippen LogP) is 3.11. The van der Waals surface area contributed by atoms with E-state index in [1.165, 1.54) is 0 Å². The first-order chi connectivity index (χ1) is 9.24. The molecule has 0 N–H and O–H groups in total. The van der Waals surface area contributed by atoms with Crippen molar-refractivity contribution in [2.45, 2.75) is 13.0 Å². The molecule has 0 atom stereocenters. The van der Waals surface area contributed by atoms with Gasteiger partial charge in [0.2, 0.25) is 0 Å². The van der Waals surface area contributed by atoms with Gasteiger partial charge in [-0.15, -0.1) is 0 Å². The topological polar surface area (TPSA) is 50.8 Å². The van der Waals surface area contributed by atoms with Crippen molar-refractivity contribution in [2.75, 3.05) is 13.7 Å². The molecular weight excluding hydrogens is 262 g/mol. The van der Waals surface area contributed by atoms with Gasteiger partial charge >= 0.3 is 0 Å². The van der Waals surface area contributed by atoms with Gasteiger partial charge in [0.15, 0.2) is 0 Å². The zero-order chi connectivity index (χ0) is 13.7. The van der Waals surface area contributed by atoms with E-state index >= 15 is 0 Å². The van der Waals surface area contributed by atoms with Gasteiger partial charge in [-0.1, -0.05) is 17.7 Å². The lowest BCUT2D eigenvalue weighted by Gasteiger charge is -2.02. The minimum atomic E-state index is 0.557. The van der Waals surface area contributed by atoms with Gasteiger partial charge in [0.05, 0.1) is 17.8 Å². The fourth-order valence-electron chi connectivity index (χ4n) is 1.81. The van der Waals surface area contributed by atoms with Crippen LogP contribution in [0.5, 0.6) is 0 Å². The lowest BCUT2D eigenvalue weighted by Crippen LogP contribution is -2.01. The highest BCUT2D eigenvalue weighted by atomic mass is 35.5. The Balaban J connectivity index is 2.16. The Labute approximate surface area is 117 Å². The standard InChI is InChI=1S/C14H14ClN3O/c1-19-6-2-5-18-10-12(9-17-18)13-4-3-11(8-16)7-14(13)15/h3-4,7,9-10H,2,5-6H2,1H3. The van der Waals surface area contributed by atoms with E-state index in [-0.39, 0.29) is 0 Å². The van der Waals surface area contributed by atoms with Crippen LogP contribution in [-0.2, 0) is 11.3 Å². The Morgan fingerprint density at radius 3 is 3.00 bits per heavy atom. The number of aryl methyl sites for hydroxylation is 1. The smallest absolute Gasteiger partial charge is 0.0992 e. The molecule has 1 aromatic heterocycles. The SMILES string of the molecule is COCCCn1cc(-c2ccc(C#N)cc2Cl)cn1. The first kappa shape index (κ1) is 13.6. The van der Waals surface area contributed by atoms with Gasteiger partial charge in [-0.25, -0.2) is 0 Å².